The van der Waals surface area contributed by atoms with Crippen molar-refractivity contribution in [1.29, 1.82) is 0 Å². The van der Waals surface area contributed by atoms with Crippen molar-refractivity contribution in [1.82, 2.24) is 9.78 Å². The lowest BCUT2D eigenvalue weighted by atomic mass is 10.2. The molecule has 0 saturated carbocycles. The van der Waals surface area contributed by atoms with Crippen molar-refractivity contribution in [2.75, 3.05) is 0 Å². The fourth-order valence-corrected chi connectivity index (χ4v) is 1.82. The van der Waals surface area contributed by atoms with E-state index in [1.165, 1.54) is 19.2 Å². The molecule has 1 aromatic heterocycles. The largest absolute Gasteiger partial charge is 0.477 e. The second-order valence-electron chi connectivity index (χ2n) is 4.27. The maximum Gasteiger partial charge on any atom is 0.343 e. The standard InChI is InChI=1S/C13H10F4N2O3/c1-19-12(8(13(20)21)9(18-19)11(16)17)22-7-4-2-3-6(5-7)10(14)15/h2-5,10-11H,1H3,(H,20,21). The van der Waals surface area contributed by atoms with Gasteiger partial charge in [0.1, 0.15) is 11.4 Å². The second-order valence-corrected chi connectivity index (χ2v) is 4.27. The molecule has 2 rings (SSSR count). The number of hydrogen-bond donors (Lipinski definition) is 1. The lowest BCUT2D eigenvalue weighted by Crippen LogP contribution is -2.03. The van der Waals surface area contributed by atoms with Crippen LogP contribution in [-0.2, 0) is 7.05 Å². The number of nitrogens with zero attached hydrogens (tertiary/aromatic N) is 2. The molecule has 0 unspecified atom stereocenters. The molecule has 0 fully saturated rings. The van der Waals surface area contributed by atoms with E-state index >= 15 is 0 Å². The maximum atomic E-state index is 12.8. The van der Waals surface area contributed by atoms with Crippen molar-refractivity contribution in [3.8, 4) is 11.6 Å². The summed E-state index contributed by atoms with van der Waals surface area (Å²) in [6.45, 7) is 0. The van der Waals surface area contributed by atoms with Crippen LogP contribution >= 0.6 is 0 Å². The smallest absolute Gasteiger partial charge is 0.343 e. The van der Waals surface area contributed by atoms with Crippen LogP contribution in [-0.4, -0.2) is 20.9 Å². The molecule has 1 aromatic carbocycles. The van der Waals surface area contributed by atoms with E-state index in [4.69, 9.17) is 9.84 Å². The summed E-state index contributed by atoms with van der Waals surface area (Å²) in [6.07, 6.45) is -5.85. The van der Waals surface area contributed by atoms with E-state index in [0.29, 0.717) is 0 Å². The van der Waals surface area contributed by atoms with Crippen LogP contribution in [0, 0.1) is 0 Å². The number of halogens is 4. The van der Waals surface area contributed by atoms with Crippen LogP contribution in [0.15, 0.2) is 24.3 Å². The molecule has 0 spiro atoms. The van der Waals surface area contributed by atoms with Gasteiger partial charge in [0, 0.05) is 12.6 Å². The van der Waals surface area contributed by atoms with Crippen molar-refractivity contribution >= 4 is 5.97 Å². The predicted octanol–water partition coefficient (Wildman–Crippen LogP) is 3.79. The molecule has 0 atom stereocenters. The van der Waals surface area contributed by atoms with Crippen LogP contribution in [0.5, 0.6) is 11.6 Å². The number of carbonyl (C=O) groups is 1. The Bertz CT molecular complexity index is 701. The average molecular weight is 318 g/mol. The lowest BCUT2D eigenvalue weighted by Gasteiger charge is -2.08. The Morgan fingerprint density at radius 3 is 2.50 bits per heavy atom. The number of carboxylic acid groups (broad SMARTS) is 1. The summed E-state index contributed by atoms with van der Waals surface area (Å²) in [5.74, 6) is -2.22. The van der Waals surface area contributed by atoms with Crippen LogP contribution in [0.2, 0.25) is 0 Å². The lowest BCUT2D eigenvalue weighted by molar-refractivity contribution is 0.0681. The number of alkyl halides is 4. The van der Waals surface area contributed by atoms with E-state index < -0.39 is 36.0 Å². The molecule has 1 N–H and O–H groups in total. The van der Waals surface area contributed by atoms with Gasteiger partial charge in [-0.25, -0.2) is 27.0 Å². The molecule has 1 heterocycles. The van der Waals surface area contributed by atoms with Crippen LogP contribution in [0.1, 0.15) is 34.5 Å². The van der Waals surface area contributed by atoms with Gasteiger partial charge in [-0.2, -0.15) is 5.10 Å². The van der Waals surface area contributed by atoms with E-state index in [2.05, 4.69) is 5.10 Å². The van der Waals surface area contributed by atoms with Gasteiger partial charge in [-0.3, -0.25) is 0 Å². The monoisotopic (exact) mass is 318 g/mol. The molecular formula is C13H10F4N2O3. The summed E-state index contributed by atoms with van der Waals surface area (Å²) in [5.41, 5.74) is -2.10. The van der Waals surface area contributed by atoms with Gasteiger partial charge in [0.15, 0.2) is 5.56 Å². The topological polar surface area (TPSA) is 64.4 Å². The third-order valence-electron chi connectivity index (χ3n) is 2.77. The minimum atomic E-state index is -3.11. The summed E-state index contributed by atoms with van der Waals surface area (Å²) in [5, 5.41) is 12.4. The fourth-order valence-electron chi connectivity index (χ4n) is 1.82. The van der Waals surface area contributed by atoms with Crippen LogP contribution in [0.4, 0.5) is 17.6 Å². The van der Waals surface area contributed by atoms with E-state index in [9.17, 15) is 22.4 Å². The van der Waals surface area contributed by atoms with Gasteiger partial charge in [0.05, 0.1) is 0 Å². The van der Waals surface area contributed by atoms with Crippen molar-refractivity contribution in [2.45, 2.75) is 12.9 Å². The van der Waals surface area contributed by atoms with E-state index in [1.54, 1.807) is 0 Å². The highest BCUT2D eigenvalue weighted by Crippen LogP contribution is 2.33. The molecule has 0 bridgehead atoms. The molecule has 0 aliphatic heterocycles. The fraction of sp³-hybridized carbons (Fsp3) is 0.231. The summed E-state index contributed by atoms with van der Waals surface area (Å²) in [4.78, 5) is 11.1. The van der Waals surface area contributed by atoms with E-state index in [-0.39, 0.29) is 11.3 Å². The Hall–Kier alpha value is -2.58. The number of hydrogen-bond acceptors (Lipinski definition) is 3. The summed E-state index contributed by atoms with van der Waals surface area (Å²) < 4.78 is 56.8. The second kappa shape index (κ2) is 6.04. The molecule has 0 saturated heterocycles. The van der Waals surface area contributed by atoms with Gasteiger partial charge in [-0.15, -0.1) is 0 Å². The molecule has 118 valence electrons. The molecule has 5 nitrogen and oxygen atoms in total. The Morgan fingerprint density at radius 2 is 1.95 bits per heavy atom. The van der Waals surface area contributed by atoms with Gasteiger partial charge in [-0.05, 0) is 12.1 Å². The predicted molar refractivity (Wildman–Crippen MR) is 66.6 cm³/mol. The number of carboxylic acids is 1. The van der Waals surface area contributed by atoms with Crippen molar-refractivity contribution in [2.24, 2.45) is 7.05 Å². The van der Waals surface area contributed by atoms with Crippen molar-refractivity contribution < 1.29 is 32.2 Å². The third-order valence-corrected chi connectivity index (χ3v) is 2.77. The SMILES string of the molecule is Cn1nc(C(F)F)c(C(=O)O)c1Oc1cccc(C(F)F)c1. The molecule has 0 radical (unpaired) electrons. The first-order valence-electron chi connectivity index (χ1n) is 5.95. The molecular weight excluding hydrogens is 308 g/mol. The number of aromatic carboxylic acids is 1. The summed E-state index contributed by atoms with van der Waals surface area (Å²) >= 11 is 0. The first-order valence-corrected chi connectivity index (χ1v) is 5.95. The first kappa shape index (κ1) is 15.8. The number of rotatable bonds is 5. The van der Waals surface area contributed by atoms with Gasteiger partial charge in [0.2, 0.25) is 5.88 Å². The van der Waals surface area contributed by atoms with Gasteiger partial charge < -0.3 is 9.84 Å². The minimum absolute atomic E-state index is 0.107. The zero-order valence-electron chi connectivity index (χ0n) is 11.1. The first-order chi connectivity index (χ1) is 10.3. The molecule has 0 aliphatic rings. The third kappa shape index (κ3) is 3.02. The number of ether oxygens (including phenoxy) is 1. The molecule has 0 amide bonds. The highest BCUT2D eigenvalue weighted by molar-refractivity contribution is 5.92. The highest BCUT2D eigenvalue weighted by Gasteiger charge is 2.29. The Kier molecular flexibility index (Phi) is 4.34. The number of aromatic nitrogens is 2. The Balaban J connectivity index is 2.45. The zero-order chi connectivity index (χ0) is 16.4. The average Bonchev–Trinajstić information content (AvgIpc) is 2.77. The van der Waals surface area contributed by atoms with Crippen molar-refractivity contribution in [3.63, 3.8) is 0 Å². The summed E-state index contributed by atoms with van der Waals surface area (Å²) in [6, 6.07) is 4.73. The van der Waals surface area contributed by atoms with Crippen LogP contribution in [0.3, 0.4) is 0 Å². The quantitative estimate of drug-likeness (QED) is 0.852. The molecule has 2 aromatic rings. The number of aryl methyl sites for hydroxylation is 1. The molecule has 22 heavy (non-hydrogen) atoms. The molecule has 9 heteroatoms. The molecule has 0 aliphatic carbocycles. The van der Waals surface area contributed by atoms with Gasteiger partial charge in [-0.1, -0.05) is 12.1 Å². The minimum Gasteiger partial charge on any atom is -0.477 e. The Labute approximate surface area is 121 Å². The van der Waals surface area contributed by atoms with E-state index in [0.717, 1.165) is 16.8 Å². The zero-order valence-corrected chi connectivity index (χ0v) is 11.1. The van der Waals surface area contributed by atoms with Crippen LogP contribution in [0.25, 0.3) is 0 Å². The summed E-state index contributed by atoms with van der Waals surface area (Å²) in [7, 11) is 1.21. The van der Waals surface area contributed by atoms with Crippen molar-refractivity contribution in [3.05, 3.63) is 41.1 Å². The normalized spacial score (nSPS) is 11.2. The van der Waals surface area contributed by atoms with Gasteiger partial charge >= 0.3 is 5.97 Å². The maximum absolute atomic E-state index is 12.8. The highest BCUT2D eigenvalue weighted by atomic mass is 19.3. The van der Waals surface area contributed by atoms with Crippen LogP contribution < -0.4 is 4.74 Å². The van der Waals surface area contributed by atoms with E-state index in [1.807, 2.05) is 0 Å². The Morgan fingerprint density at radius 1 is 1.27 bits per heavy atom. The number of benzene rings is 1. The van der Waals surface area contributed by atoms with Gasteiger partial charge in [0.25, 0.3) is 12.9 Å².